The molecule has 0 spiro atoms. The third kappa shape index (κ3) is 7.18. The lowest BCUT2D eigenvalue weighted by Crippen LogP contribution is -2.46. The van der Waals surface area contributed by atoms with Crippen LogP contribution in [0.5, 0.6) is 5.75 Å². The molecule has 1 fully saturated rings. The van der Waals surface area contributed by atoms with Gasteiger partial charge in [-0.3, -0.25) is 14.5 Å². The minimum atomic E-state index is -0.461. The monoisotopic (exact) mass is 546 g/mol. The molecule has 0 saturated carbocycles. The fourth-order valence-corrected chi connectivity index (χ4v) is 5.54. The van der Waals surface area contributed by atoms with Crippen molar-refractivity contribution in [2.75, 3.05) is 39.3 Å². The smallest absolute Gasteiger partial charge is 0.255 e. The largest absolute Gasteiger partial charge is 0.483 e. The first kappa shape index (κ1) is 27.2. The summed E-state index contributed by atoms with van der Waals surface area (Å²) in [6, 6.07) is 21.7. The molecular weight excluding hydrogens is 512 g/mol. The number of ether oxygens (including phenoxy) is 1. The van der Waals surface area contributed by atoms with E-state index in [2.05, 4.69) is 21.2 Å². The van der Waals surface area contributed by atoms with E-state index in [1.165, 1.54) is 11.1 Å². The summed E-state index contributed by atoms with van der Waals surface area (Å²) in [5, 5.41) is 3.94. The number of hydrogen-bond acceptors (Lipinski definition) is 5. The van der Waals surface area contributed by atoms with Crippen LogP contribution in [0.1, 0.15) is 34.3 Å². The number of nitrogens with two attached hydrogens (primary N) is 1. The van der Waals surface area contributed by atoms with Crippen LogP contribution in [-0.4, -0.2) is 67.0 Å². The summed E-state index contributed by atoms with van der Waals surface area (Å²) >= 11 is 5.99. The van der Waals surface area contributed by atoms with Crippen molar-refractivity contribution in [3.8, 4) is 16.9 Å². The Kier molecular flexibility index (Phi) is 8.81. The van der Waals surface area contributed by atoms with E-state index in [-0.39, 0.29) is 18.6 Å². The molecule has 0 aromatic heterocycles. The van der Waals surface area contributed by atoms with Gasteiger partial charge in [0.15, 0.2) is 6.61 Å². The SMILES string of the molecule is NC(=O)COc1cccc2c1CCN(CCN1CCC(NC(=O)c3ccc(-c4ccc(Cl)cc4)cc3)CC1)C2. The van der Waals surface area contributed by atoms with Gasteiger partial charge in [-0.1, -0.05) is 48.0 Å². The van der Waals surface area contributed by atoms with E-state index in [0.29, 0.717) is 10.6 Å². The highest BCUT2D eigenvalue weighted by Gasteiger charge is 2.23. The molecule has 2 aliphatic rings. The Morgan fingerprint density at radius 2 is 1.56 bits per heavy atom. The second-order valence-electron chi connectivity index (χ2n) is 10.3. The maximum absolute atomic E-state index is 12.8. The van der Waals surface area contributed by atoms with E-state index in [1.807, 2.05) is 60.7 Å². The molecule has 1 saturated heterocycles. The van der Waals surface area contributed by atoms with Crippen molar-refractivity contribution in [2.45, 2.75) is 31.8 Å². The number of benzene rings is 3. The molecule has 3 aromatic carbocycles. The molecule has 5 rings (SSSR count). The van der Waals surface area contributed by atoms with Crippen LogP contribution in [0, 0.1) is 0 Å². The van der Waals surface area contributed by atoms with Crippen LogP contribution >= 0.6 is 11.6 Å². The van der Waals surface area contributed by atoms with E-state index in [4.69, 9.17) is 22.1 Å². The Morgan fingerprint density at radius 3 is 2.26 bits per heavy atom. The molecule has 8 heteroatoms. The molecule has 0 atom stereocenters. The first-order valence-corrected chi connectivity index (χ1v) is 14.0. The number of halogens is 1. The lowest BCUT2D eigenvalue weighted by atomic mass is 9.98. The number of carbonyl (C=O) groups excluding carboxylic acids is 2. The predicted octanol–water partition coefficient (Wildman–Crippen LogP) is 4.12. The van der Waals surface area contributed by atoms with Crippen molar-refractivity contribution in [1.29, 1.82) is 0 Å². The summed E-state index contributed by atoms with van der Waals surface area (Å²) in [7, 11) is 0. The maximum Gasteiger partial charge on any atom is 0.255 e. The summed E-state index contributed by atoms with van der Waals surface area (Å²) in [6.45, 7) is 5.74. The van der Waals surface area contributed by atoms with Crippen LogP contribution in [0.3, 0.4) is 0 Å². The van der Waals surface area contributed by atoms with Crippen LogP contribution in [0.25, 0.3) is 11.1 Å². The van der Waals surface area contributed by atoms with Gasteiger partial charge in [0.05, 0.1) is 0 Å². The molecule has 204 valence electrons. The number of nitrogens with zero attached hydrogens (tertiary/aromatic N) is 2. The maximum atomic E-state index is 12.8. The predicted molar refractivity (Wildman–Crippen MR) is 154 cm³/mol. The third-order valence-electron chi connectivity index (χ3n) is 7.65. The molecular formula is C31H35ClN4O3. The van der Waals surface area contributed by atoms with Crippen molar-refractivity contribution in [2.24, 2.45) is 5.73 Å². The molecule has 0 unspecified atom stereocenters. The standard InChI is InChI=1S/C31H35ClN4O3/c32-26-10-8-23(9-11-26)22-4-6-24(7-5-22)31(38)34-27-12-15-35(16-13-27)18-19-36-17-14-28-25(20-36)2-1-3-29(28)39-21-30(33)37/h1-11,27H,12-21H2,(H2,33,37)(H,34,38). The number of rotatable bonds is 9. The molecule has 3 N–H and O–H groups in total. The fourth-order valence-electron chi connectivity index (χ4n) is 5.42. The van der Waals surface area contributed by atoms with E-state index in [0.717, 1.165) is 75.4 Å². The van der Waals surface area contributed by atoms with Crippen molar-refractivity contribution >= 4 is 23.4 Å². The van der Waals surface area contributed by atoms with Crippen molar-refractivity contribution in [3.05, 3.63) is 88.4 Å². The Labute approximate surface area is 234 Å². The highest BCUT2D eigenvalue weighted by molar-refractivity contribution is 6.30. The van der Waals surface area contributed by atoms with Gasteiger partial charge in [-0.05, 0) is 71.8 Å². The second-order valence-corrected chi connectivity index (χ2v) is 10.8. The number of primary amides is 1. The van der Waals surface area contributed by atoms with Gasteiger partial charge in [0.2, 0.25) is 0 Å². The first-order chi connectivity index (χ1) is 18.9. The van der Waals surface area contributed by atoms with Gasteiger partial charge in [0.25, 0.3) is 11.8 Å². The normalized spacial score (nSPS) is 16.4. The average Bonchev–Trinajstić information content (AvgIpc) is 2.96. The molecule has 2 aliphatic heterocycles. The van der Waals surface area contributed by atoms with Gasteiger partial charge in [-0.15, -0.1) is 0 Å². The van der Waals surface area contributed by atoms with E-state index < -0.39 is 5.91 Å². The van der Waals surface area contributed by atoms with Crippen LogP contribution < -0.4 is 15.8 Å². The zero-order chi connectivity index (χ0) is 27.2. The van der Waals surface area contributed by atoms with Crippen LogP contribution in [0.2, 0.25) is 5.02 Å². The Morgan fingerprint density at radius 1 is 0.897 bits per heavy atom. The molecule has 0 radical (unpaired) electrons. The Bertz CT molecular complexity index is 1290. The topological polar surface area (TPSA) is 87.9 Å². The Hall–Kier alpha value is -3.39. The zero-order valence-corrected chi connectivity index (χ0v) is 22.8. The average molecular weight is 547 g/mol. The number of piperidine rings is 1. The van der Waals surface area contributed by atoms with Gasteiger partial charge in [-0.25, -0.2) is 0 Å². The van der Waals surface area contributed by atoms with Gasteiger partial charge >= 0.3 is 0 Å². The highest BCUT2D eigenvalue weighted by Crippen LogP contribution is 2.28. The summed E-state index contributed by atoms with van der Waals surface area (Å²) < 4.78 is 5.61. The summed E-state index contributed by atoms with van der Waals surface area (Å²) in [5.41, 5.74) is 10.5. The van der Waals surface area contributed by atoms with E-state index >= 15 is 0 Å². The second kappa shape index (κ2) is 12.6. The quantitative estimate of drug-likeness (QED) is 0.421. The van der Waals surface area contributed by atoms with E-state index in [1.54, 1.807) is 0 Å². The molecule has 7 nitrogen and oxygen atoms in total. The third-order valence-corrected chi connectivity index (χ3v) is 7.90. The first-order valence-electron chi connectivity index (χ1n) is 13.6. The molecule has 0 aliphatic carbocycles. The lowest BCUT2D eigenvalue weighted by molar-refractivity contribution is -0.119. The Balaban J connectivity index is 1.05. The highest BCUT2D eigenvalue weighted by atomic mass is 35.5. The van der Waals surface area contributed by atoms with Crippen LogP contribution in [0.4, 0.5) is 0 Å². The van der Waals surface area contributed by atoms with Crippen LogP contribution in [-0.2, 0) is 17.8 Å². The number of amides is 2. The van der Waals surface area contributed by atoms with Crippen molar-refractivity contribution in [1.82, 2.24) is 15.1 Å². The number of likely N-dealkylation sites (tertiary alicyclic amines) is 1. The molecule has 39 heavy (non-hydrogen) atoms. The van der Waals surface area contributed by atoms with Crippen LogP contribution in [0.15, 0.2) is 66.7 Å². The molecule has 0 bridgehead atoms. The van der Waals surface area contributed by atoms with Gasteiger partial charge in [0, 0.05) is 55.9 Å². The number of fused-ring (bicyclic) bond motifs is 1. The number of carbonyl (C=O) groups is 2. The molecule has 2 heterocycles. The lowest BCUT2D eigenvalue weighted by Gasteiger charge is -2.35. The molecule has 2 amide bonds. The summed E-state index contributed by atoms with van der Waals surface area (Å²) in [4.78, 5) is 28.9. The summed E-state index contributed by atoms with van der Waals surface area (Å²) in [5.74, 6) is 0.298. The van der Waals surface area contributed by atoms with Crippen molar-refractivity contribution < 1.29 is 14.3 Å². The number of hydrogen-bond donors (Lipinski definition) is 2. The van der Waals surface area contributed by atoms with Gasteiger partial charge < -0.3 is 20.7 Å². The molecule has 3 aromatic rings. The fraction of sp³-hybridized carbons (Fsp3) is 0.355. The minimum Gasteiger partial charge on any atom is -0.483 e. The van der Waals surface area contributed by atoms with E-state index in [9.17, 15) is 9.59 Å². The minimum absolute atomic E-state index is 0.0118. The zero-order valence-electron chi connectivity index (χ0n) is 22.1. The van der Waals surface area contributed by atoms with Gasteiger partial charge in [0.1, 0.15) is 5.75 Å². The summed E-state index contributed by atoms with van der Waals surface area (Å²) in [6.07, 6.45) is 2.81. The van der Waals surface area contributed by atoms with Crippen molar-refractivity contribution in [3.63, 3.8) is 0 Å². The van der Waals surface area contributed by atoms with Gasteiger partial charge in [-0.2, -0.15) is 0 Å². The number of nitrogens with one attached hydrogen (secondary N) is 1.